The molecule has 21 heavy (non-hydrogen) atoms. The number of carbonyl (C=O) groups excluding carboxylic acids is 1. The number of amides is 1. The van der Waals surface area contributed by atoms with Crippen LogP contribution in [0.2, 0.25) is 0 Å². The Morgan fingerprint density at radius 3 is 2.62 bits per heavy atom. The molecule has 2 unspecified atom stereocenters. The minimum atomic E-state index is -0.381. The normalized spacial score (nSPS) is 29.7. The van der Waals surface area contributed by atoms with Crippen LogP contribution in [0.15, 0.2) is 36.4 Å². The summed E-state index contributed by atoms with van der Waals surface area (Å²) in [6.45, 7) is 9.09. The topological polar surface area (TPSA) is 29.1 Å². The van der Waals surface area contributed by atoms with Gasteiger partial charge in [-0.05, 0) is 48.3 Å². The molecule has 2 bridgehead atoms. The summed E-state index contributed by atoms with van der Waals surface area (Å²) in [5.74, 6) is 0.402. The third kappa shape index (κ3) is 2.10. The van der Waals surface area contributed by atoms with E-state index >= 15 is 0 Å². The number of nitrogens with one attached hydrogen (secondary N) is 1. The van der Waals surface area contributed by atoms with Crippen LogP contribution in [0, 0.1) is 22.6 Å². The Bertz CT molecular complexity index is 590. The first kappa shape index (κ1) is 14.3. The zero-order valence-corrected chi connectivity index (χ0v) is 12.7. The van der Waals surface area contributed by atoms with Gasteiger partial charge in [-0.15, -0.1) is 0 Å². The van der Waals surface area contributed by atoms with Crippen LogP contribution in [-0.4, -0.2) is 5.91 Å². The summed E-state index contributed by atoms with van der Waals surface area (Å²) in [4.78, 5) is 12.7. The largest absolute Gasteiger partial charge is 0.351 e. The first-order valence-corrected chi connectivity index (χ1v) is 7.59. The Kier molecular flexibility index (Phi) is 3.19. The molecule has 2 aliphatic rings. The molecule has 0 spiro atoms. The van der Waals surface area contributed by atoms with Crippen molar-refractivity contribution in [3.8, 4) is 0 Å². The highest BCUT2D eigenvalue weighted by Crippen LogP contribution is 2.65. The van der Waals surface area contributed by atoms with Gasteiger partial charge in [0.1, 0.15) is 5.82 Å². The van der Waals surface area contributed by atoms with E-state index in [1.165, 1.54) is 12.1 Å². The maximum Gasteiger partial charge on any atom is 0.230 e. The molecule has 1 amide bonds. The van der Waals surface area contributed by atoms with Crippen molar-refractivity contribution < 1.29 is 9.18 Å². The second-order valence-electron chi connectivity index (χ2n) is 7.03. The number of rotatable bonds is 3. The van der Waals surface area contributed by atoms with Gasteiger partial charge in [0.2, 0.25) is 5.91 Å². The second-order valence-corrected chi connectivity index (χ2v) is 7.03. The maximum absolute atomic E-state index is 12.9. The van der Waals surface area contributed by atoms with Gasteiger partial charge in [-0.3, -0.25) is 4.79 Å². The summed E-state index contributed by atoms with van der Waals surface area (Å²) >= 11 is 0. The Labute approximate surface area is 125 Å². The first-order chi connectivity index (χ1) is 9.86. The van der Waals surface area contributed by atoms with Crippen molar-refractivity contribution in [3.63, 3.8) is 0 Å². The van der Waals surface area contributed by atoms with Crippen LogP contribution in [0.1, 0.15) is 38.7 Å². The van der Waals surface area contributed by atoms with Gasteiger partial charge in [-0.1, -0.05) is 38.1 Å². The van der Waals surface area contributed by atoms with E-state index in [4.69, 9.17) is 0 Å². The molecule has 2 aliphatic carbocycles. The Morgan fingerprint density at radius 2 is 2.05 bits per heavy atom. The Hall–Kier alpha value is -1.64. The van der Waals surface area contributed by atoms with E-state index < -0.39 is 0 Å². The van der Waals surface area contributed by atoms with Crippen LogP contribution in [0.5, 0.6) is 0 Å². The fourth-order valence-corrected chi connectivity index (χ4v) is 4.10. The fraction of sp³-hybridized carbons (Fsp3) is 0.500. The highest BCUT2D eigenvalue weighted by molar-refractivity contribution is 5.87. The van der Waals surface area contributed by atoms with Crippen molar-refractivity contribution in [2.24, 2.45) is 16.7 Å². The maximum atomic E-state index is 12.9. The lowest BCUT2D eigenvalue weighted by Gasteiger charge is -2.37. The number of halogens is 1. The predicted molar refractivity (Wildman–Crippen MR) is 80.9 cm³/mol. The van der Waals surface area contributed by atoms with Gasteiger partial charge in [0.05, 0.1) is 5.41 Å². The van der Waals surface area contributed by atoms with Crippen molar-refractivity contribution in [1.82, 2.24) is 5.32 Å². The number of hydrogen-bond acceptors (Lipinski definition) is 1. The van der Waals surface area contributed by atoms with Crippen LogP contribution >= 0.6 is 0 Å². The third-order valence-electron chi connectivity index (χ3n) is 5.69. The monoisotopic (exact) mass is 287 g/mol. The third-order valence-corrected chi connectivity index (χ3v) is 5.69. The lowest BCUT2D eigenvalue weighted by Crippen LogP contribution is -2.41. The zero-order valence-electron chi connectivity index (χ0n) is 12.7. The van der Waals surface area contributed by atoms with Crippen LogP contribution in [0.4, 0.5) is 4.39 Å². The molecule has 0 aliphatic heterocycles. The molecular weight excluding hydrogens is 265 g/mol. The van der Waals surface area contributed by atoms with Crippen LogP contribution in [-0.2, 0) is 11.3 Å². The molecule has 1 aromatic carbocycles. The van der Waals surface area contributed by atoms with Crippen LogP contribution in [0.3, 0.4) is 0 Å². The molecule has 0 saturated heterocycles. The van der Waals surface area contributed by atoms with E-state index in [0.29, 0.717) is 12.5 Å². The van der Waals surface area contributed by atoms with Gasteiger partial charge >= 0.3 is 0 Å². The molecule has 1 N–H and O–H groups in total. The first-order valence-electron chi connectivity index (χ1n) is 7.59. The van der Waals surface area contributed by atoms with Crippen LogP contribution in [0.25, 0.3) is 0 Å². The number of hydrogen-bond donors (Lipinski definition) is 1. The molecule has 2 nitrogen and oxygen atoms in total. The van der Waals surface area contributed by atoms with E-state index in [2.05, 4.69) is 25.7 Å². The number of fused-ring (bicyclic) bond motifs is 2. The lowest BCUT2D eigenvalue weighted by atomic mass is 9.68. The highest BCUT2D eigenvalue weighted by atomic mass is 19.1. The van der Waals surface area contributed by atoms with E-state index in [0.717, 1.165) is 30.4 Å². The summed E-state index contributed by atoms with van der Waals surface area (Å²) in [6, 6.07) is 6.25. The quantitative estimate of drug-likeness (QED) is 0.841. The SMILES string of the molecule is C=C1C2(C(=O)NCc3ccc(F)cc3)CCC(C2)C1(C)C. The van der Waals surface area contributed by atoms with Crippen molar-refractivity contribution in [2.75, 3.05) is 0 Å². The van der Waals surface area contributed by atoms with E-state index in [9.17, 15) is 9.18 Å². The summed E-state index contributed by atoms with van der Waals surface area (Å²) in [7, 11) is 0. The van der Waals surface area contributed by atoms with Gasteiger partial charge in [-0.25, -0.2) is 4.39 Å². The molecule has 2 saturated carbocycles. The van der Waals surface area contributed by atoms with Gasteiger partial charge in [0.25, 0.3) is 0 Å². The molecule has 1 aromatic rings. The van der Waals surface area contributed by atoms with Crippen LogP contribution < -0.4 is 5.32 Å². The van der Waals surface area contributed by atoms with E-state index in [-0.39, 0.29) is 22.6 Å². The Balaban J connectivity index is 1.71. The summed E-state index contributed by atoms with van der Waals surface area (Å²) in [6.07, 6.45) is 2.94. The standard InChI is InChI=1S/C18H22FNO/c1-12-17(2,3)14-8-9-18(12,10-14)16(21)20-11-13-4-6-15(19)7-5-13/h4-7,14H,1,8-11H2,2-3H3,(H,20,21). The molecule has 112 valence electrons. The van der Waals surface area contributed by atoms with Gasteiger partial charge < -0.3 is 5.32 Å². The van der Waals surface area contributed by atoms with Crippen molar-refractivity contribution in [1.29, 1.82) is 0 Å². The average molecular weight is 287 g/mol. The second kappa shape index (κ2) is 4.69. The van der Waals surface area contributed by atoms with Crippen molar-refractivity contribution >= 4 is 5.91 Å². The fourth-order valence-electron chi connectivity index (χ4n) is 4.10. The molecule has 2 fully saturated rings. The highest BCUT2D eigenvalue weighted by Gasteiger charge is 2.60. The van der Waals surface area contributed by atoms with Crippen molar-refractivity contribution in [2.45, 2.75) is 39.7 Å². The smallest absolute Gasteiger partial charge is 0.230 e. The van der Waals surface area contributed by atoms with Crippen molar-refractivity contribution in [3.05, 3.63) is 47.8 Å². The number of benzene rings is 1. The molecular formula is C18H22FNO. The van der Waals surface area contributed by atoms with Gasteiger partial charge in [0.15, 0.2) is 0 Å². The molecule has 0 radical (unpaired) electrons. The molecule has 0 aromatic heterocycles. The molecule has 0 heterocycles. The van der Waals surface area contributed by atoms with E-state index in [1.807, 2.05) is 0 Å². The molecule has 2 atom stereocenters. The van der Waals surface area contributed by atoms with Gasteiger partial charge in [-0.2, -0.15) is 0 Å². The summed E-state index contributed by atoms with van der Waals surface area (Å²) in [5.41, 5.74) is 1.68. The summed E-state index contributed by atoms with van der Waals surface area (Å²) < 4.78 is 12.9. The van der Waals surface area contributed by atoms with Gasteiger partial charge in [0, 0.05) is 6.54 Å². The predicted octanol–water partition coefficient (Wildman–Crippen LogP) is 3.82. The lowest BCUT2D eigenvalue weighted by molar-refractivity contribution is -0.128. The zero-order chi connectivity index (χ0) is 15.3. The molecule has 3 rings (SSSR count). The minimum Gasteiger partial charge on any atom is -0.351 e. The minimum absolute atomic E-state index is 0.0610. The Morgan fingerprint density at radius 1 is 1.38 bits per heavy atom. The summed E-state index contributed by atoms with van der Waals surface area (Å²) in [5, 5.41) is 3.02. The molecule has 3 heteroatoms. The van der Waals surface area contributed by atoms with E-state index in [1.54, 1.807) is 12.1 Å². The number of carbonyl (C=O) groups is 1. The average Bonchev–Trinajstić information content (AvgIpc) is 2.98.